The number of amides is 1. The van der Waals surface area contributed by atoms with E-state index in [9.17, 15) is 4.79 Å². The van der Waals surface area contributed by atoms with Gasteiger partial charge < -0.3 is 0 Å². The second-order valence-electron chi connectivity index (χ2n) is 2.96. The number of hydrogen-bond donors (Lipinski definition) is 1. The molecule has 1 amide bonds. The highest BCUT2D eigenvalue weighted by molar-refractivity contribution is 5.92. The predicted molar refractivity (Wildman–Crippen MR) is 56.1 cm³/mol. The van der Waals surface area contributed by atoms with Crippen molar-refractivity contribution in [2.45, 2.75) is 0 Å². The fraction of sp³-hybridized carbons (Fsp3) is 0. The number of carbonyl (C=O) groups excluding carboxylic acids is 1. The zero-order chi connectivity index (χ0) is 10.7. The topological polar surface area (TPSA) is 64.2 Å². The molecule has 5 heteroatoms. The van der Waals surface area contributed by atoms with E-state index >= 15 is 0 Å². The van der Waals surface area contributed by atoms with Crippen LogP contribution in [-0.4, -0.2) is 15.6 Å². The molecule has 76 valence electrons. The molecule has 0 saturated heterocycles. The van der Waals surface area contributed by atoms with Crippen molar-refractivity contribution in [3.63, 3.8) is 0 Å². The van der Waals surface area contributed by atoms with Gasteiger partial charge in [0.25, 0.3) is 0 Å². The van der Waals surface area contributed by atoms with E-state index < -0.39 is 0 Å². The third-order valence-corrected chi connectivity index (χ3v) is 1.97. The Morgan fingerprint density at radius 1 is 1.33 bits per heavy atom. The normalized spacial score (nSPS) is 9.93. The summed E-state index contributed by atoms with van der Waals surface area (Å²) in [6, 6.07) is 8.66. The third kappa shape index (κ3) is 1.87. The number of nitrogens with two attached hydrogens (primary N) is 1. The maximum Gasteiger partial charge on any atom is 0.348 e. The predicted octanol–water partition coefficient (Wildman–Crippen LogP) is 1.23. The molecule has 2 aromatic rings. The van der Waals surface area contributed by atoms with E-state index in [1.54, 1.807) is 18.3 Å². The summed E-state index contributed by atoms with van der Waals surface area (Å²) in [5.74, 6) is 5.66. The zero-order valence-electron chi connectivity index (χ0n) is 7.95. The lowest BCUT2D eigenvalue weighted by atomic mass is 10.3. The molecule has 0 fully saturated rings. The van der Waals surface area contributed by atoms with Crippen LogP contribution in [0.2, 0.25) is 0 Å². The van der Waals surface area contributed by atoms with Gasteiger partial charge in [0.2, 0.25) is 0 Å². The van der Waals surface area contributed by atoms with Gasteiger partial charge in [0.1, 0.15) is 6.33 Å². The number of carbonyl (C=O) groups is 1. The number of nitrogens with zero attached hydrogens (tertiary/aromatic N) is 3. The molecule has 0 radical (unpaired) electrons. The number of hydrogen-bond acceptors (Lipinski definition) is 3. The van der Waals surface area contributed by atoms with Gasteiger partial charge >= 0.3 is 6.03 Å². The van der Waals surface area contributed by atoms with E-state index in [1.807, 2.05) is 18.2 Å². The largest absolute Gasteiger partial charge is 0.348 e. The Hall–Kier alpha value is -2.14. The summed E-state index contributed by atoms with van der Waals surface area (Å²) in [6.07, 6.45) is 4.48. The smallest absolute Gasteiger partial charge is 0.257 e. The molecule has 1 aromatic heterocycles. The summed E-state index contributed by atoms with van der Waals surface area (Å²) in [5, 5.41) is 1.07. The van der Waals surface area contributed by atoms with Gasteiger partial charge in [-0.2, -0.15) is 0 Å². The number of benzene rings is 1. The number of imidazole rings is 1. The van der Waals surface area contributed by atoms with Crippen LogP contribution < -0.4 is 10.9 Å². The summed E-state index contributed by atoms with van der Waals surface area (Å²) in [6.45, 7) is 0. The highest BCUT2D eigenvalue weighted by Gasteiger charge is 2.12. The molecule has 0 spiro atoms. The number of rotatable bonds is 1. The fourth-order valence-corrected chi connectivity index (χ4v) is 1.20. The van der Waals surface area contributed by atoms with Crippen molar-refractivity contribution in [2.24, 2.45) is 5.84 Å². The zero-order valence-corrected chi connectivity index (χ0v) is 7.95. The number of anilines is 1. The number of aromatic nitrogens is 2. The Balaban J connectivity index is 2.23. The molecular weight excluding hydrogens is 192 g/mol. The minimum Gasteiger partial charge on any atom is -0.257 e. The van der Waals surface area contributed by atoms with Crippen LogP contribution >= 0.6 is 0 Å². The van der Waals surface area contributed by atoms with Crippen molar-refractivity contribution in [1.29, 1.82) is 0 Å². The monoisotopic (exact) mass is 202 g/mol. The fourth-order valence-electron chi connectivity index (χ4n) is 1.20. The van der Waals surface area contributed by atoms with Crippen molar-refractivity contribution in [1.82, 2.24) is 9.55 Å². The standard InChI is InChI=1S/C10H10N4O/c11-14(9-4-2-1-3-5-9)10(15)13-7-6-12-8-13/h1-8H,11H2. The van der Waals surface area contributed by atoms with Crippen molar-refractivity contribution >= 4 is 11.7 Å². The van der Waals surface area contributed by atoms with Gasteiger partial charge in [-0.25, -0.2) is 20.6 Å². The van der Waals surface area contributed by atoms with Crippen LogP contribution in [0.25, 0.3) is 0 Å². The quantitative estimate of drug-likeness (QED) is 0.429. The lowest BCUT2D eigenvalue weighted by molar-refractivity contribution is 0.248. The van der Waals surface area contributed by atoms with Gasteiger partial charge in [0.15, 0.2) is 0 Å². The van der Waals surface area contributed by atoms with Gasteiger partial charge in [-0.05, 0) is 12.1 Å². The van der Waals surface area contributed by atoms with Crippen molar-refractivity contribution in [3.05, 3.63) is 49.1 Å². The van der Waals surface area contributed by atoms with Crippen LogP contribution in [0.1, 0.15) is 0 Å². The maximum atomic E-state index is 11.7. The Labute approximate surface area is 86.7 Å². The average molecular weight is 202 g/mol. The van der Waals surface area contributed by atoms with Crippen LogP contribution in [0.15, 0.2) is 49.1 Å². The van der Waals surface area contributed by atoms with Gasteiger partial charge in [-0.3, -0.25) is 4.57 Å². The molecule has 0 atom stereocenters. The van der Waals surface area contributed by atoms with Gasteiger partial charge in [-0.1, -0.05) is 18.2 Å². The molecule has 0 aliphatic carbocycles. The van der Waals surface area contributed by atoms with E-state index in [1.165, 1.54) is 17.1 Å². The molecule has 1 heterocycles. The van der Waals surface area contributed by atoms with Gasteiger partial charge in [0, 0.05) is 12.4 Å². The molecule has 15 heavy (non-hydrogen) atoms. The van der Waals surface area contributed by atoms with Crippen molar-refractivity contribution < 1.29 is 4.79 Å². The van der Waals surface area contributed by atoms with Crippen LogP contribution in [0.4, 0.5) is 10.5 Å². The summed E-state index contributed by atoms with van der Waals surface area (Å²) >= 11 is 0. The minimum absolute atomic E-state index is 0.348. The van der Waals surface area contributed by atoms with Crippen LogP contribution in [0, 0.1) is 0 Å². The molecular formula is C10H10N4O. The first-order chi connectivity index (χ1) is 7.29. The molecule has 0 aliphatic heterocycles. The molecule has 5 nitrogen and oxygen atoms in total. The second-order valence-corrected chi connectivity index (χ2v) is 2.96. The van der Waals surface area contributed by atoms with Gasteiger partial charge in [-0.15, -0.1) is 0 Å². The number of hydrazine groups is 1. The van der Waals surface area contributed by atoms with Crippen molar-refractivity contribution in [2.75, 3.05) is 5.01 Å². The minimum atomic E-state index is -0.348. The molecule has 2 N–H and O–H groups in total. The van der Waals surface area contributed by atoms with E-state index in [2.05, 4.69) is 4.98 Å². The SMILES string of the molecule is NN(C(=O)n1ccnc1)c1ccccc1. The molecule has 0 unspecified atom stereocenters. The third-order valence-electron chi connectivity index (χ3n) is 1.97. The lowest BCUT2D eigenvalue weighted by Crippen LogP contribution is -2.40. The van der Waals surface area contributed by atoms with E-state index in [4.69, 9.17) is 5.84 Å². The summed E-state index contributed by atoms with van der Waals surface area (Å²) in [4.78, 5) is 15.5. The Morgan fingerprint density at radius 3 is 2.67 bits per heavy atom. The summed E-state index contributed by atoms with van der Waals surface area (Å²) < 4.78 is 1.31. The first-order valence-corrected chi connectivity index (χ1v) is 4.41. The summed E-state index contributed by atoms with van der Waals surface area (Å²) in [7, 11) is 0. The first kappa shape index (κ1) is 9.42. The van der Waals surface area contributed by atoms with Crippen molar-refractivity contribution in [3.8, 4) is 0 Å². The van der Waals surface area contributed by atoms with Crippen LogP contribution in [0.3, 0.4) is 0 Å². The van der Waals surface area contributed by atoms with E-state index in [0.717, 1.165) is 5.01 Å². The molecule has 1 aromatic carbocycles. The highest BCUT2D eigenvalue weighted by atomic mass is 16.2. The Morgan fingerprint density at radius 2 is 2.07 bits per heavy atom. The van der Waals surface area contributed by atoms with E-state index in [-0.39, 0.29) is 6.03 Å². The Kier molecular flexibility index (Phi) is 2.47. The van der Waals surface area contributed by atoms with Gasteiger partial charge in [0.05, 0.1) is 5.69 Å². The second kappa shape index (κ2) is 3.93. The molecule has 0 aliphatic rings. The van der Waals surface area contributed by atoms with Crippen LogP contribution in [-0.2, 0) is 0 Å². The maximum absolute atomic E-state index is 11.7. The molecule has 2 rings (SSSR count). The summed E-state index contributed by atoms with van der Waals surface area (Å²) in [5.41, 5.74) is 0.635. The molecule has 0 bridgehead atoms. The Bertz CT molecular complexity index is 438. The average Bonchev–Trinajstić information content (AvgIpc) is 2.82. The number of para-hydroxylation sites is 1. The van der Waals surface area contributed by atoms with E-state index in [0.29, 0.717) is 5.69 Å². The van der Waals surface area contributed by atoms with Crippen LogP contribution in [0.5, 0.6) is 0 Å². The lowest BCUT2D eigenvalue weighted by Gasteiger charge is -2.16. The first-order valence-electron chi connectivity index (χ1n) is 4.41. The molecule has 0 saturated carbocycles. The highest BCUT2D eigenvalue weighted by Crippen LogP contribution is 2.10.